The summed E-state index contributed by atoms with van der Waals surface area (Å²) in [5.41, 5.74) is 2.85. The van der Waals surface area contributed by atoms with Crippen molar-refractivity contribution >= 4 is 27.4 Å². The van der Waals surface area contributed by atoms with Crippen LogP contribution in [0.4, 0.5) is 5.69 Å². The van der Waals surface area contributed by atoms with Gasteiger partial charge in [-0.25, -0.2) is 0 Å². The van der Waals surface area contributed by atoms with Crippen LogP contribution in [0.15, 0.2) is 53.0 Å². The Morgan fingerprint density at radius 1 is 1.17 bits per heavy atom. The number of ketones is 1. The Morgan fingerprint density at radius 3 is 2.56 bits per heavy atom. The molecule has 92 valence electrons. The second-order valence-electron chi connectivity index (χ2n) is 4.11. The van der Waals surface area contributed by atoms with Crippen LogP contribution in [0, 0.1) is 6.92 Å². The predicted molar refractivity (Wildman–Crippen MR) is 78.1 cm³/mol. The first-order valence-electron chi connectivity index (χ1n) is 5.75. The Hall–Kier alpha value is -1.61. The third kappa shape index (κ3) is 3.20. The van der Waals surface area contributed by atoms with E-state index in [0.717, 1.165) is 15.7 Å². The van der Waals surface area contributed by atoms with Crippen LogP contribution in [-0.2, 0) is 0 Å². The number of hydrogen-bond acceptors (Lipinski definition) is 2. The van der Waals surface area contributed by atoms with Crippen molar-refractivity contribution in [3.8, 4) is 0 Å². The smallest absolute Gasteiger partial charge is 0.181 e. The highest BCUT2D eigenvalue weighted by Crippen LogP contribution is 2.20. The number of nitrogens with one attached hydrogen (secondary N) is 1. The van der Waals surface area contributed by atoms with Crippen molar-refractivity contribution in [3.63, 3.8) is 0 Å². The van der Waals surface area contributed by atoms with Gasteiger partial charge in [0.15, 0.2) is 5.78 Å². The molecule has 0 aliphatic carbocycles. The van der Waals surface area contributed by atoms with Crippen LogP contribution in [-0.4, -0.2) is 12.3 Å². The lowest BCUT2D eigenvalue weighted by atomic mass is 10.1. The molecule has 0 spiro atoms. The average Bonchev–Trinajstić information content (AvgIpc) is 2.41. The summed E-state index contributed by atoms with van der Waals surface area (Å²) < 4.78 is 1.04. The minimum absolute atomic E-state index is 0.0901. The summed E-state index contributed by atoms with van der Waals surface area (Å²) in [5, 5.41) is 3.13. The molecular weight excluding hydrogens is 290 g/mol. The summed E-state index contributed by atoms with van der Waals surface area (Å²) in [6, 6.07) is 15.3. The summed E-state index contributed by atoms with van der Waals surface area (Å²) in [4.78, 5) is 11.9. The predicted octanol–water partition coefficient (Wildman–Crippen LogP) is 4.05. The number of halogens is 1. The molecule has 0 fully saturated rings. The molecule has 0 aliphatic heterocycles. The van der Waals surface area contributed by atoms with Crippen LogP contribution in [0.25, 0.3) is 0 Å². The lowest BCUT2D eigenvalue weighted by Crippen LogP contribution is -2.13. The standard InChI is InChI=1S/C15H14BrNO/c1-11-7-8-13(9-14(11)16)17-10-15(18)12-5-3-2-4-6-12/h2-9,17H,10H2,1H3. The van der Waals surface area contributed by atoms with Crippen molar-refractivity contribution in [3.05, 3.63) is 64.1 Å². The highest BCUT2D eigenvalue weighted by molar-refractivity contribution is 9.10. The molecule has 0 saturated carbocycles. The zero-order valence-electron chi connectivity index (χ0n) is 10.1. The van der Waals surface area contributed by atoms with E-state index in [1.165, 1.54) is 5.56 Å². The van der Waals surface area contributed by atoms with Crippen molar-refractivity contribution in [2.24, 2.45) is 0 Å². The van der Waals surface area contributed by atoms with Gasteiger partial charge in [0.25, 0.3) is 0 Å². The van der Waals surface area contributed by atoms with E-state index < -0.39 is 0 Å². The number of carbonyl (C=O) groups excluding carboxylic acids is 1. The van der Waals surface area contributed by atoms with Crippen molar-refractivity contribution in [2.75, 3.05) is 11.9 Å². The maximum atomic E-state index is 11.9. The fourth-order valence-electron chi connectivity index (χ4n) is 1.61. The molecule has 0 unspecified atom stereocenters. The van der Waals surface area contributed by atoms with Gasteiger partial charge in [0, 0.05) is 15.7 Å². The number of hydrogen-bond donors (Lipinski definition) is 1. The second-order valence-corrected chi connectivity index (χ2v) is 4.96. The van der Waals surface area contributed by atoms with Crippen LogP contribution in [0.5, 0.6) is 0 Å². The summed E-state index contributed by atoms with van der Waals surface area (Å²) in [5.74, 6) is 0.0901. The Labute approximate surface area is 115 Å². The maximum absolute atomic E-state index is 11.9. The minimum Gasteiger partial charge on any atom is -0.378 e. The van der Waals surface area contributed by atoms with E-state index in [9.17, 15) is 4.79 Å². The third-order valence-corrected chi connectivity index (χ3v) is 3.58. The molecule has 0 heterocycles. The van der Waals surface area contributed by atoms with Crippen LogP contribution in [0.3, 0.4) is 0 Å². The summed E-state index contributed by atoms with van der Waals surface area (Å²) in [6.45, 7) is 2.34. The lowest BCUT2D eigenvalue weighted by molar-refractivity contribution is 0.101. The van der Waals surface area contributed by atoms with E-state index >= 15 is 0 Å². The highest BCUT2D eigenvalue weighted by atomic mass is 79.9. The fourth-order valence-corrected chi connectivity index (χ4v) is 1.99. The van der Waals surface area contributed by atoms with Gasteiger partial charge in [-0.3, -0.25) is 4.79 Å². The molecule has 18 heavy (non-hydrogen) atoms. The number of benzene rings is 2. The van der Waals surface area contributed by atoms with E-state index in [1.807, 2.05) is 55.5 Å². The van der Waals surface area contributed by atoms with Crippen molar-refractivity contribution in [1.82, 2.24) is 0 Å². The molecule has 1 N–H and O–H groups in total. The van der Waals surface area contributed by atoms with Gasteiger partial charge in [-0.2, -0.15) is 0 Å². The second kappa shape index (κ2) is 5.83. The van der Waals surface area contributed by atoms with E-state index in [0.29, 0.717) is 6.54 Å². The first-order chi connectivity index (χ1) is 8.66. The Kier molecular flexibility index (Phi) is 4.15. The first kappa shape index (κ1) is 12.8. The average molecular weight is 304 g/mol. The molecule has 0 bridgehead atoms. The molecule has 2 rings (SSSR count). The largest absolute Gasteiger partial charge is 0.378 e. The zero-order valence-corrected chi connectivity index (χ0v) is 11.7. The molecule has 0 radical (unpaired) electrons. The van der Waals surface area contributed by atoms with E-state index in [1.54, 1.807) is 0 Å². The van der Waals surface area contributed by atoms with Gasteiger partial charge < -0.3 is 5.32 Å². The van der Waals surface area contributed by atoms with Crippen molar-refractivity contribution in [2.45, 2.75) is 6.92 Å². The monoisotopic (exact) mass is 303 g/mol. The molecular formula is C15H14BrNO. The van der Waals surface area contributed by atoms with Crippen LogP contribution in [0.1, 0.15) is 15.9 Å². The SMILES string of the molecule is Cc1ccc(NCC(=O)c2ccccc2)cc1Br. The first-order valence-corrected chi connectivity index (χ1v) is 6.54. The van der Waals surface area contributed by atoms with Gasteiger partial charge in [0.05, 0.1) is 6.54 Å². The molecule has 0 aliphatic rings. The number of aryl methyl sites for hydroxylation is 1. The molecule has 2 aromatic carbocycles. The fraction of sp³-hybridized carbons (Fsp3) is 0.133. The van der Waals surface area contributed by atoms with Crippen LogP contribution in [0.2, 0.25) is 0 Å². The Balaban J connectivity index is 1.99. The van der Waals surface area contributed by atoms with Gasteiger partial charge in [-0.05, 0) is 24.6 Å². The van der Waals surface area contributed by atoms with Gasteiger partial charge in [-0.1, -0.05) is 52.3 Å². The summed E-state index contributed by atoms with van der Waals surface area (Å²) in [6.07, 6.45) is 0. The van der Waals surface area contributed by atoms with Gasteiger partial charge in [0.1, 0.15) is 0 Å². The molecule has 0 saturated heterocycles. The van der Waals surface area contributed by atoms with Crippen molar-refractivity contribution in [1.29, 1.82) is 0 Å². The highest BCUT2D eigenvalue weighted by Gasteiger charge is 2.04. The third-order valence-electron chi connectivity index (χ3n) is 2.72. The Bertz CT molecular complexity index is 552. The summed E-state index contributed by atoms with van der Waals surface area (Å²) in [7, 11) is 0. The molecule has 3 heteroatoms. The lowest BCUT2D eigenvalue weighted by Gasteiger charge is -2.07. The van der Waals surface area contributed by atoms with Gasteiger partial charge in [-0.15, -0.1) is 0 Å². The normalized spacial score (nSPS) is 10.1. The number of carbonyl (C=O) groups is 1. The number of Topliss-reactive ketones (excluding diaryl/α,β-unsaturated/α-hetero) is 1. The maximum Gasteiger partial charge on any atom is 0.181 e. The summed E-state index contributed by atoms with van der Waals surface area (Å²) >= 11 is 3.47. The minimum atomic E-state index is 0.0901. The zero-order chi connectivity index (χ0) is 13.0. The molecule has 0 atom stereocenters. The van der Waals surface area contributed by atoms with Gasteiger partial charge >= 0.3 is 0 Å². The quantitative estimate of drug-likeness (QED) is 0.863. The van der Waals surface area contributed by atoms with Crippen molar-refractivity contribution < 1.29 is 4.79 Å². The molecule has 2 aromatic rings. The van der Waals surface area contributed by atoms with E-state index in [-0.39, 0.29) is 5.78 Å². The molecule has 0 amide bonds. The van der Waals surface area contributed by atoms with Crippen LogP contribution < -0.4 is 5.32 Å². The van der Waals surface area contributed by atoms with Crippen LogP contribution >= 0.6 is 15.9 Å². The molecule has 2 nitrogen and oxygen atoms in total. The van der Waals surface area contributed by atoms with E-state index in [2.05, 4.69) is 21.2 Å². The Morgan fingerprint density at radius 2 is 1.89 bits per heavy atom. The number of rotatable bonds is 4. The van der Waals surface area contributed by atoms with E-state index in [4.69, 9.17) is 0 Å². The number of anilines is 1. The van der Waals surface area contributed by atoms with Gasteiger partial charge in [0.2, 0.25) is 0 Å². The molecule has 0 aromatic heterocycles. The topological polar surface area (TPSA) is 29.1 Å².